The van der Waals surface area contributed by atoms with Crippen molar-refractivity contribution < 1.29 is 4.79 Å². The normalized spacial score (nSPS) is 10.9. The van der Waals surface area contributed by atoms with Gasteiger partial charge in [0.05, 0.1) is 22.3 Å². The van der Waals surface area contributed by atoms with Gasteiger partial charge in [-0.1, -0.05) is 41.1 Å². The molecule has 0 spiro atoms. The summed E-state index contributed by atoms with van der Waals surface area (Å²) in [5, 5.41) is 12.4. The molecule has 0 saturated carbocycles. The molecular formula is C17H18ClN5OS2. The SMILES string of the molecule is CCN(Cc1ccc(Cl)s1)C(=O)CSc1nnnn1-c1ccc(C)cc1. The minimum atomic E-state index is 0.0421. The number of thioether (sulfide) groups is 1. The Balaban J connectivity index is 1.64. The molecule has 0 aliphatic rings. The second-order valence-electron chi connectivity index (χ2n) is 5.61. The molecule has 0 radical (unpaired) electrons. The van der Waals surface area contributed by atoms with Gasteiger partial charge in [-0.05, 0) is 48.5 Å². The van der Waals surface area contributed by atoms with Gasteiger partial charge in [0.25, 0.3) is 0 Å². The van der Waals surface area contributed by atoms with E-state index in [0.717, 1.165) is 14.9 Å². The second-order valence-corrected chi connectivity index (χ2v) is 8.35. The minimum absolute atomic E-state index is 0.0421. The molecule has 0 N–H and O–H groups in total. The fourth-order valence-corrected chi connectivity index (χ4v) is 4.23. The Hall–Kier alpha value is -1.90. The zero-order valence-corrected chi connectivity index (χ0v) is 16.8. The third-order valence-electron chi connectivity index (χ3n) is 3.75. The highest BCUT2D eigenvalue weighted by atomic mass is 35.5. The molecule has 9 heteroatoms. The summed E-state index contributed by atoms with van der Waals surface area (Å²) in [5.74, 6) is 0.319. The van der Waals surface area contributed by atoms with E-state index in [1.165, 1.54) is 28.7 Å². The van der Waals surface area contributed by atoms with Gasteiger partial charge in [0.2, 0.25) is 11.1 Å². The molecule has 0 unspecified atom stereocenters. The van der Waals surface area contributed by atoms with Crippen LogP contribution in [0.15, 0.2) is 41.6 Å². The predicted octanol–water partition coefficient (Wildman–Crippen LogP) is 3.83. The zero-order valence-electron chi connectivity index (χ0n) is 14.4. The van der Waals surface area contributed by atoms with Crippen LogP contribution in [-0.2, 0) is 11.3 Å². The molecule has 1 aromatic carbocycles. The minimum Gasteiger partial charge on any atom is -0.337 e. The van der Waals surface area contributed by atoms with Gasteiger partial charge in [-0.3, -0.25) is 4.79 Å². The first-order valence-electron chi connectivity index (χ1n) is 8.07. The van der Waals surface area contributed by atoms with Crippen LogP contribution in [0.3, 0.4) is 0 Å². The smallest absolute Gasteiger partial charge is 0.233 e. The van der Waals surface area contributed by atoms with Crippen molar-refractivity contribution in [3.8, 4) is 5.69 Å². The van der Waals surface area contributed by atoms with Crippen LogP contribution >= 0.6 is 34.7 Å². The highest BCUT2D eigenvalue weighted by Gasteiger charge is 2.16. The van der Waals surface area contributed by atoms with Gasteiger partial charge in [0.15, 0.2) is 0 Å². The van der Waals surface area contributed by atoms with Gasteiger partial charge < -0.3 is 4.90 Å². The van der Waals surface area contributed by atoms with E-state index in [-0.39, 0.29) is 11.7 Å². The Bertz CT molecular complexity index is 877. The fraction of sp³-hybridized carbons (Fsp3) is 0.294. The van der Waals surface area contributed by atoms with Gasteiger partial charge in [-0.15, -0.1) is 16.4 Å². The Morgan fingerprint density at radius 3 is 2.69 bits per heavy atom. The molecule has 2 heterocycles. The number of amides is 1. The van der Waals surface area contributed by atoms with Gasteiger partial charge >= 0.3 is 0 Å². The lowest BCUT2D eigenvalue weighted by atomic mass is 10.2. The number of thiophene rings is 1. The Labute approximate surface area is 165 Å². The molecule has 0 bridgehead atoms. The maximum atomic E-state index is 12.6. The number of aromatic nitrogens is 4. The Kier molecular flexibility index (Phi) is 6.29. The molecule has 3 rings (SSSR count). The molecule has 2 aromatic heterocycles. The maximum Gasteiger partial charge on any atom is 0.233 e. The molecule has 0 fully saturated rings. The molecule has 0 atom stereocenters. The standard InChI is InChI=1S/C17H18ClN5OS2/c1-3-22(10-14-8-9-15(18)26-14)16(24)11-25-17-19-20-21-23(17)13-6-4-12(2)5-7-13/h4-9H,3,10-11H2,1-2H3. The van der Waals surface area contributed by atoms with Crippen LogP contribution in [0.2, 0.25) is 4.34 Å². The first-order chi connectivity index (χ1) is 12.6. The first kappa shape index (κ1) is 18.9. The fourth-order valence-electron chi connectivity index (χ4n) is 2.34. The van der Waals surface area contributed by atoms with Crippen molar-refractivity contribution in [1.82, 2.24) is 25.1 Å². The number of tetrazole rings is 1. The molecule has 1 amide bonds. The summed E-state index contributed by atoms with van der Waals surface area (Å²) in [6.45, 7) is 5.19. The predicted molar refractivity (Wildman–Crippen MR) is 105 cm³/mol. The number of halogens is 1. The maximum absolute atomic E-state index is 12.6. The topological polar surface area (TPSA) is 63.9 Å². The molecule has 26 heavy (non-hydrogen) atoms. The van der Waals surface area contributed by atoms with Crippen molar-refractivity contribution in [2.75, 3.05) is 12.3 Å². The lowest BCUT2D eigenvalue weighted by molar-refractivity contribution is -0.128. The number of carbonyl (C=O) groups is 1. The van der Waals surface area contributed by atoms with Gasteiger partial charge in [0, 0.05) is 11.4 Å². The van der Waals surface area contributed by atoms with Crippen molar-refractivity contribution in [2.45, 2.75) is 25.5 Å². The van der Waals surface area contributed by atoms with Crippen molar-refractivity contribution in [2.24, 2.45) is 0 Å². The molecule has 6 nitrogen and oxygen atoms in total. The number of hydrogen-bond acceptors (Lipinski definition) is 6. The second kappa shape index (κ2) is 8.66. The molecule has 0 aliphatic carbocycles. The van der Waals surface area contributed by atoms with E-state index in [2.05, 4.69) is 15.5 Å². The van der Waals surface area contributed by atoms with Crippen LogP contribution in [0.1, 0.15) is 17.4 Å². The van der Waals surface area contributed by atoms with Crippen LogP contribution in [0.5, 0.6) is 0 Å². The van der Waals surface area contributed by atoms with E-state index in [0.29, 0.717) is 18.2 Å². The van der Waals surface area contributed by atoms with Crippen LogP contribution in [-0.4, -0.2) is 43.3 Å². The number of hydrogen-bond donors (Lipinski definition) is 0. The average molecular weight is 408 g/mol. The third kappa shape index (κ3) is 4.63. The monoisotopic (exact) mass is 407 g/mol. The molecule has 3 aromatic rings. The number of benzene rings is 1. The Morgan fingerprint density at radius 2 is 2.04 bits per heavy atom. The average Bonchev–Trinajstić information content (AvgIpc) is 3.27. The summed E-state index contributed by atoms with van der Waals surface area (Å²) in [4.78, 5) is 15.4. The lowest BCUT2D eigenvalue weighted by Crippen LogP contribution is -2.31. The number of carbonyl (C=O) groups excluding carboxylic acids is 1. The van der Waals surface area contributed by atoms with E-state index < -0.39 is 0 Å². The first-order valence-corrected chi connectivity index (χ1v) is 10.2. The zero-order chi connectivity index (χ0) is 18.5. The largest absolute Gasteiger partial charge is 0.337 e. The molecular weight excluding hydrogens is 390 g/mol. The quantitative estimate of drug-likeness (QED) is 0.557. The van der Waals surface area contributed by atoms with Crippen LogP contribution in [0.25, 0.3) is 5.69 Å². The van der Waals surface area contributed by atoms with E-state index in [1.807, 2.05) is 50.2 Å². The van der Waals surface area contributed by atoms with Crippen LogP contribution < -0.4 is 0 Å². The van der Waals surface area contributed by atoms with Crippen LogP contribution in [0.4, 0.5) is 0 Å². The van der Waals surface area contributed by atoms with E-state index in [9.17, 15) is 4.79 Å². The highest BCUT2D eigenvalue weighted by Crippen LogP contribution is 2.24. The number of aryl methyl sites for hydroxylation is 1. The van der Waals surface area contributed by atoms with Gasteiger partial charge in [0.1, 0.15) is 0 Å². The summed E-state index contributed by atoms with van der Waals surface area (Å²) in [7, 11) is 0. The van der Waals surface area contributed by atoms with E-state index in [1.54, 1.807) is 9.58 Å². The van der Waals surface area contributed by atoms with Crippen LogP contribution in [0, 0.1) is 6.92 Å². The number of rotatable bonds is 7. The summed E-state index contributed by atoms with van der Waals surface area (Å²) in [5.41, 5.74) is 2.04. The molecule has 0 saturated heterocycles. The van der Waals surface area contributed by atoms with Crippen molar-refractivity contribution in [3.63, 3.8) is 0 Å². The van der Waals surface area contributed by atoms with Crippen molar-refractivity contribution in [3.05, 3.63) is 51.2 Å². The summed E-state index contributed by atoms with van der Waals surface area (Å²) in [6, 6.07) is 11.7. The molecule has 0 aliphatic heterocycles. The van der Waals surface area contributed by atoms with Crippen molar-refractivity contribution in [1.29, 1.82) is 0 Å². The van der Waals surface area contributed by atoms with Gasteiger partial charge in [-0.2, -0.15) is 4.68 Å². The van der Waals surface area contributed by atoms with Crippen molar-refractivity contribution >= 4 is 40.6 Å². The number of nitrogens with zero attached hydrogens (tertiary/aromatic N) is 5. The van der Waals surface area contributed by atoms with E-state index in [4.69, 9.17) is 11.6 Å². The summed E-state index contributed by atoms with van der Waals surface area (Å²) in [6.07, 6.45) is 0. The Morgan fingerprint density at radius 1 is 1.27 bits per heavy atom. The van der Waals surface area contributed by atoms with Gasteiger partial charge in [-0.25, -0.2) is 0 Å². The highest BCUT2D eigenvalue weighted by molar-refractivity contribution is 7.99. The lowest BCUT2D eigenvalue weighted by Gasteiger charge is -2.19. The molecule has 136 valence electrons. The summed E-state index contributed by atoms with van der Waals surface area (Å²) < 4.78 is 2.38. The van der Waals surface area contributed by atoms with E-state index >= 15 is 0 Å². The summed E-state index contributed by atoms with van der Waals surface area (Å²) >= 11 is 8.79. The third-order valence-corrected chi connectivity index (χ3v) is 5.87.